The molecule has 1 aromatic heterocycles. The third-order valence-corrected chi connectivity index (χ3v) is 2.84. The molecule has 1 heterocycles. The summed E-state index contributed by atoms with van der Waals surface area (Å²) in [7, 11) is 0. The minimum absolute atomic E-state index is 0.308. The minimum atomic E-state index is -0.308. The van der Waals surface area contributed by atoms with E-state index in [4.69, 9.17) is 4.74 Å². The SMILES string of the molecule is CCNc1ncnc(Oc2ccc(F)cc2)c1Br. The van der Waals surface area contributed by atoms with Crippen LogP contribution in [0.3, 0.4) is 0 Å². The number of halogens is 2. The number of ether oxygens (including phenoxy) is 1. The van der Waals surface area contributed by atoms with E-state index < -0.39 is 0 Å². The van der Waals surface area contributed by atoms with Crippen molar-refractivity contribution in [2.45, 2.75) is 6.92 Å². The molecular formula is C12H11BrFN3O. The monoisotopic (exact) mass is 311 g/mol. The van der Waals surface area contributed by atoms with E-state index in [2.05, 4.69) is 31.2 Å². The van der Waals surface area contributed by atoms with Gasteiger partial charge in [-0.05, 0) is 47.1 Å². The molecular weight excluding hydrogens is 301 g/mol. The molecule has 94 valence electrons. The fourth-order valence-electron chi connectivity index (χ4n) is 1.33. The Morgan fingerprint density at radius 1 is 1.28 bits per heavy atom. The van der Waals surface area contributed by atoms with Crippen LogP contribution in [0.2, 0.25) is 0 Å². The Morgan fingerprint density at radius 2 is 2.00 bits per heavy atom. The standard InChI is InChI=1S/C12H11BrFN3O/c1-2-15-11-10(13)12(17-7-16-11)18-9-5-3-8(14)4-6-9/h3-7H,2H2,1H3,(H,15,16,17). The lowest BCUT2D eigenvalue weighted by molar-refractivity contribution is 0.457. The molecule has 1 aromatic carbocycles. The van der Waals surface area contributed by atoms with E-state index in [1.54, 1.807) is 0 Å². The van der Waals surface area contributed by atoms with Gasteiger partial charge in [-0.15, -0.1) is 0 Å². The number of aromatic nitrogens is 2. The van der Waals surface area contributed by atoms with Crippen molar-refractivity contribution in [2.24, 2.45) is 0 Å². The number of nitrogens with one attached hydrogen (secondary N) is 1. The molecule has 0 aliphatic rings. The molecule has 0 spiro atoms. The van der Waals surface area contributed by atoms with Crippen molar-refractivity contribution in [3.8, 4) is 11.6 Å². The van der Waals surface area contributed by atoms with Gasteiger partial charge in [0.25, 0.3) is 0 Å². The zero-order chi connectivity index (χ0) is 13.0. The van der Waals surface area contributed by atoms with Crippen LogP contribution in [0.15, 0.2) is 35.1 Å². The Bertz CT molecular complexity index is 533. The number of rotatable bonds is 4. The Balaban J connectivity index is 2.23. The highest BCUT2D eigenvalue weighted by Gasteiger charge is 2.10. The summed E-state index contributed by atoms with van der Waals surface area (Å²) in [4.78, 5) is 8.10. The van der Waals surface area contributed by atoms with Crippen molar-refractivity contribution in [2.75, 3.05) is 11.9 Å². The largest absolute Gasteiger partial charge is 0.438 e. The number of hydrogen-bond acceptors (Lipinski definition) is 4. The quantitative estimate of drug-likeness (QED) is 0.937. The van der Waals surface area contributed by atoms with Crippen LogP contribution in [0.4, 0.5) is 10.2 Å². The van der Waals surface area contributed by atoms with Crippen LogP contribution in [0.1, 0.15) is 6.92 Å². The van der Waals surface area contributed by atoms with Crippen LogP contribution in [0, 0.1) is 5.82 Å². The summed E-state index contributed by atoms with van der Waals surface area (Å²) in [5.74, 6) is 1.24. The van der Waals surface area contributed by atoms with E-state index in [9.17, 15) is 4.39 Å². The van der Waals surface area contributed by atoms with Gasteiger partial charge in [0, 0.05) is 6.54 Å². The van der Waals surface area contributed by atoms with Gasteiger partial charge in [-0.3, -0.25) is 0 Å². The lowest BCUT2D eigenvalue weighted by Crippen LogP contribution is -2.02. The molecule has 6 heteroatoms. The van der Waals surface area contributed by atoms with Gasteiger partial charge in [0.1, 0.15) is 28.2 Å². The average molecular weight is 312 g/mol. The van der Waals surface area contributed by atoms with Crippen molar-refractivity contribution in [1.82, 2.24) is 9.97 Å². The van der Waals surface area contributed by atoms with Crippen LogP contribution < -0.4 is 10.1 Å². The number of nitrogens with zero attached hydrogens (tertiary/aromatic N) is 2. The molecule has 0 unspecified atom stereocenters. The predicted molar refractivity (Wildman–Crippen MR) is 70.4 cm³/mol. The van der Waals surface area contributed by atoms with Crippen molar-refractivity contribution in [3.63, 3.8) is 0 Å². The summed E-state index contributed by atoms with van der Waals surface area (Å²) in [6.45, 7) is 2.71. The maximum atomic E-state index is 12.8. The Hall–Kier alpha value is -1.69. The van der Waals surface area contributed by atoms with Gasteiger partial charge in [-0.1, -0.05) is 0 Å². The molecule has 0 saturated carbocycles. The van der Waals surface area contributed by atoms with Crippen molar-refractivity contribution in [1.29, 1.82) is 0 Å². The van der Waals surface area contributed by atoms with Crippen LogP contribution in [0.25, 0.3) is 0 Å². The molecule has 0 radical (unpaired) electrons. The normalized spacial score (nSPS) is 10.2. The summed E-state index contributed by atoms with van der Waals surface area (Å²) in [5.41, 5.74) is 0. The first-order valence-electron chi connectivity index (χ1n) is 5.38. The average Bonchev–Trinajstić information content (AvgIpc) is 2.37. The Kier molecular flexibility index (Phi) is 4.09. The van der Waals surface area contributed by atoms with Gasteiger partial charge < -0.3 is 10.1 Å². The summed E-state index contributed by atoms with van der Waals surface area (Å²) >= 11 is 3.37. The molecule has 0 aliphatic carbocycles. The number of anilines is 1. The van der Waals surface area contributed by atoms with E-state index in [0.29, 0.717) is 21.9 Å². The summed E-state index contributed by atoms with van der Waals surface area (Å²) in [6.07, 6.45) is 1.40. The smallest absolute Gasteiger partial charge is 0.238 e. The maximum absolute atomic E-state index is 12.8. The van der Waals surface area contributed by atoms with E-state index in [1.807, 2.05) is 6.92 Å². The molecule has 1 N–H and O–H groups in total. The second kappa shape index (κ2) is 5.77. The highest BCUT2D eigenvalue weighted by molar-refractivity contribution is 9.10. The van der Waals surface area contributed by atoms with E-state index >= 15 is 0 Å². The van der Waals surface area contributed by atoms with Crippen molar-refractivity contribution in [3.05, 3.63) is 40.9 Å². The minimum Gasteiger partial charge on any atom is -0.438 e. The molecule has 2 rings (SSSR count). The first kappa shape index (κ1) is 12.8. The van der Waals surface area contributed by atoms with Crippen LogP contribution in [-0.2, 0) is 0 Å². The summed E-state index contributed by atoms with van der Waals surface area (Å²) in [5, 5.41) is 3.07. The van der Waals surface area contributed by atoms with Crippen LogP contribution in [0.5, 0.6) is 11.6 Å². The summed E-state index contributed by atoms with van der Waals surface area (Å²) < 4.78 is 19.0. The van der Waals surface area contributed by atoms with Gasteiger partial charge in [-0.25, -0.2) is 14.4 Å². The molecule has 0 bridgehead atoms. The first-order valence-corrected chi connectivity index (χ1v) is 6.17. The van der Waals surface area contributed by atoms with Crippen molar-refractivity contribution < 1.29 is 9.13 Å². The van der Waals surface area contributed by atoms with E-state index in [1.165, 1.54) is 30.6 Å². The van der Waals surface area contributed by atoms with Gasteiger partial charge in [0.05, 0.1) is 0 Å². The predicted octanol–water partition coefficient (Wildman–Crippen LogP) is 3.60. The third-order valence-electron chi connectivity index (χ3n) is 2.13. The molecule has 0 saturated heterocycles. The molecule has 0 amide bonds. The van der Waals surface area contributed by atoms with Gasteiger partial charge in [-0.2, -0.15) is 0 Å². The molecule has 2 aromatic rings. The maximum Gasteiger partial charge on any atom is 0.238 e. The van der Waals surface area contributed by atoms with Gasteiger partial charge >= 0.3 is 0 Å². The lowest BCUT2D eigenvalue weighted by atomic mass is 10.3. The lowest BCUT2D eigenvalue weighted by Gasteiger charge is -2.09. The van der Waals surface area contributed by atoms with Crippen LogP contribution in [-0.4, -0.2) is 16.5 Å². The van der Waals surface area contributed by atoms with E-state index in [0.717, 1.165) is 6.54 Å². The highest BCUT2D eigenvalue weighted by atomic mass is 79.9. The highest BCUT2D eigenvalue weighted by Crippen LogP contribution is 2.31. The molecule has 18 heavy (non-hydrogen) atoms. The molecule has 0 fully saturated rings. The summed E-state index contributed by atoms with van der Waals surface area (Å²) in [6, 6.07) is 5.73. The molecule has 0 atom stereocenters. The number of benzene rings is 1. The fraction of sp³-hybridized carbons (Fsp3) is 0.167. The first-order chi connectivity index (χ1) is 8.70. The third kappa shape index (κ3) is 2.95. The van der Waals surface area contributed by atoms with Gasteiger partial charge in [0.15, 0.2) is 0 Å². The van der Waals surface area contributed by atoms with E-state index in [-0.39, 0.29) is 5.82 Å². The van der Waals surface area contributed by atoms with Crippen molar-refractivity contribution >= 4 is 21.7 Å². The van der Waals surface area contributed by atoms with Gasteiger partial charge in [0.2, 0.25) is 5.88 Å². The zero-order valence-electron chi connectivity index (χ0n) is 9.65. The Morgan fingerprint density at radius 3 is 2.67 bits per heavy atom. The zero-order valence-corrected chi connectivity index (χ0v) is 11.2. The molecule has 4 nitrogen and oxygen atoms in total. The van der Waals surface area contributed by atoms with Crippen LogP contribution >= 0.6 is 15.9 Å². The topological polar surface area (TPSA) is 47.0 Å². The Labute approximate surface area is 112 Å². The molecule has 0 aliphatic heterocycles. The fourth-order valence-corrected chi connectivity index (χ4v) is 1.76. The second-order valence-electron chi connectivity index (χ2n) is 3.43. The number of hydrogen-bond donors (Lipinski definition) is 1. The second-order valence-corrected chi connectivity index (χ2v) is 4.22.